The molecule has 0 saturated carbocycles. The van der Waals surface area contributed by atoms with E-state index in [1.807, 2.05) is 0 Å². The van der Waals surface area contributed by atoms with E-state index >= 15 is 0 Å². The Kier molecular flexibility index (Phi) is 7.71. The quantitative estimate of drug-likeness (QED) is 0.816. The van der Waals surface area contributed by atoms with Crippen molar-refractivity contribution in [2.75, 3.05) is 39.3 Å². The predicted molar refractivity (Wildman–Crippen MR) is 101 cm³/mol. The number of carbonyl (C=O) groups excluding carboxylic acids is 2. The maximum atomic E-state index is 12.8. The lowest BCUT2D eigenvalue weighted by molar-refractivity contribution is -0.137. The lowest BCUT2D eigenvalue weighted by Crippen LogP contribution is -2.50. The van der Waals surface area contributed by atoms with Gasteiger partial charge in [-0.2, -0.15) is 13.2 Å². The molecule has 0 aliphatic carbocycles. The second-order valence-corrected chi connectivity index (χ2v) is 7.15. The zero-order valence-corrected chi connectivity index (χ0v) is 16.3. The van der Waals surface area contributed by atoms with Crippen molar-refractivity contribution in [3.63, 3.8) is 0 Å². The fraction of sp³-hybridized carbons (Fsp3) is 0.579. The fourth-order valence-electron chi connectivity index (χ4n) is 3.62. The van der Waals surface area contributed by atoms with Gasteiger partial charge in [0.05, 0.1) is 5.56 Å². The zero-order chi connectivity index (χ0) is 19.4. The Bertz CT molecular complexity index is 685. The molecule has 1 unspecified atom stereocenters. The van der Waals surface area contributed by atoms with Crippen molar-refractivity contribution in [3.8, 4) is 0 Å². The topological polar surface area (TPSA) is 52.7 Å². The van der Waals surface area contributed by atoms with Crippen molar-refractivity contribution in [3.05, 3.63) is 35.4 Å². The van der Waals surface area contributed by atoms with Crippen molar-refractivity contribution in [2.24, 2.45) is 5.92 Å². The highest BCUT2D eigenvalue weighted by Gasteiger charge is 2.32. The molecule has 0 spiro atoms. The number of hydrogen-bond donors (Lipinski definition) is 1. The van der Waals surface area contributed by atoms with Gasteiger partial charge < -0.3 is 15.1 Å². The van der Waals surface area contributed by atoms with Crippen LogP contribution in [0.2, 0.25) is 0 Å². The van der Waals surface area contributed by atoms with Crippen LogP contribution in [-0.2, 0) is 11.0 Å². The average molecular weight is 420 g/mol. The Labute approximate surface area is 168 Å². The van der Waals surface area contributed by atoms with Crippen LogP contribution in [0.1, 0.15) is 35.2 Å². The van der Waals surface area contributed by atoms with E-state index in [-0.39, 0.29) is 23.9 Å². The number of amides is 2. The van der Waals surface area contributed by atoms with Gasteiger partial charge in [0.1, 0.15) is 0 Å². The van der Waals surface area contributed by atoms with E-state index in [0.717, 1.165) is 38.1 Å². The number of nitrogens with zero attached hydrogens (tertiary/aromatic N) is 2. The molecule has 9 heteroatoms. The summed E-state index contributed by atoms with van der Waals surface area (Å²) in [6, 6.07) is 4.47. The lowest BCUT2D eigenvalue weighted by atomic mass is 10.0. The van der Waals surface area contributed by atoms with E-state index in [1.165, 1.54) is 17.0 Å². The average Bonchev–Trinajstić information content (AvgIpc) is 3.19. The van der Waals surface area contributed by atoms with E-state index in [9.17, 15) is 22.8 Å². The minimum atomic E-state index is -4.48. The Balaban J connectivity index is 0.00000280. The molecule has 1 aromatic rings. The molecule has 1 aromatic carbocycles. The van der Waals surface area contributed by atoms with Gasteiger partial charge in [-0.1, -0.05) is 6.07 Å². The van der Waals surface area contributed by atoms with E-state index in [2.05, 4.69) is 5.32 Å². The van der Waals surface area contributed by atoms with Crippen LogP contribution < -0.4 is 5.32 Å². The number of piperazine rings is 1. The smallest absolute Gasteiger partial charge is 0.339 e. The van der Waals surface area contributed by atoms with Crippen LogP contribution in [0.5, 0.6) is 0 Å². The van der Waals surface area contributed by atoms with Crippen LogP contribution in [0, 0.1) is 5.92 Å². The first-order valence-electron chi connectivity index (χ1n) is 9.29. The first kappa shape index (κ1) is 22.5. The third-order valence-corrected chi connectivity index (χ3v) is 5.29. The van der Waals surface area contributed by atoms with Crippen molar-refractivity contribution < 1.29 is 22.8 Å². The van der Waals surface area contributed by atoms with Gasteiger partial charge in [-0.05, 0) is 50.0 Å². The van der Waals surface area contributed by atoms with Gasteiger partial charge in [0.25, 0.3) is 5.91 Å². The van der Waals surface area contributed by atoms with Crippen LogP contribution in [-0.4, -0.2) is 60.9 Å². The zero-order valence-electron chi connectivity index (χ0n) is 15.5. The SMILES string of the molecule is Cl.O=C(CCC1CCNC1)N1CCN(C(=O)c2cccc(C(F)(F)F)c2)CC1. The third kappa shape index (κ3) is 5.61. The second kappa shape index (κ2) is 9.60. The molecule has 2 amide bonds. The number of benzene rings is 1. The number of carbonyl (C=O) groups is 2. The van der Waals surface area contributed by atoms with Gasteiger partial charge in [0.15, 0.2) is 0 Å². The highest BCUT2D eigenvalue weighted by molar-refractivity contribution is 5.94. The summed E-state index contributed by atoms with van der Waals surface area (Å²) >= 11 is 0. The summed E-state index contributed by atoms with van der Waals surface area (Å²) in [7, 11) is 0. The third-order valence-electron chi connectivity index (χ3n) is 5.29. The lowest BCUT2D eigenvalue weighted by Gasteiger charge is -2.35. The molecular weight excluding hydrogens is 395 g/mol. The predicted octanol–water partition coefficient (Wildman–Crippen LogP) is 2.80. The summed E-state index contributed by atoms with van der Waals surface area (Å²) in [6.45, 7) is 3.50. The summed E-state index contributed by atoms with van der Waals surface area (Å²) in [5, 5.41) is 3.28. The van der Waals surface area contributed by atoms with Crippen molar-refractivity contribution in [1.82, 2.24) is 15.1 Å². The van der Waals surface area contributed by atoms with E-state index in [1.54, 1.807) is 4.90 Å². The minimum absolute atomic E-state index is 0. The number of hydrogen-bond acceptors (Lipinski definition) is 3. The Morgan fingerprint density at radius 2 is 1.79 bits per heavy atom. The standard InChI is InChI=1S/C19H24F3N3O2.ClH/c20-19(21,22)16-3-1-2-15(12-16)18(27)25-10-8-24(9-11-25)17(26)5-4-14-6-7-23-13-14;/h1-3,12,14,23H,4-11,13H2;1H. The second-order valence-electron chi connectivity index (χ2n) is 7.15. The van der Waals surface area contributed by atoms with Crippen LogP contribution in [0.3, 0.4) is 0 Å². The Hall–Kier alpha value is -1.80. The van der Waals surface area contributed by atoms with Crippen LogP contribution in [0.15, 0.2) is 24.3 Å². The van der Waals surface area contributed by atoms with Crippen molar-refractivity contribution in [1.29, 1.82) is 0 Å². The first-order valence-corrected chi connectivity index (χ1v) is 9.29. The van der Waals surface area contributed by atoms with Crippen molar-refractivity contribution in [2.45, 2.75) is 25.4 Å². The Morgan fingerprint density at radius 3 is 2.39 bits per heavy atom. The summed E-state index contributed by atoms with van der Waals surface area (Å²) in [6.07, 6.45) is -1.99. The highest BCUT2D eigenvalue weighted by Crippen LogP contribution is 2.29. The van der Waals surface area contributed by atoms with Gasteiger partial charge in [-0.3, -0.25) is 9.59 Å². The van der Waals surface area contributed by atoms with Crippen molar-refractivity contribution >= 4 is 24.2 Å². The number of halogens is 4. The van der Waals surface area contributed by atoms with Gasteiger partial charge >= 0.3 is 6.18 Å². The molecule has 2 aliphatic heterocycles. The van der Waals surface area contributed by atoms with Crippen LogP contribution >= 0.6 is 12.4 Å². The maximum absolute atomic E-state index is 12.8. The molecule has 0 radical (unpaired) electrons. The van der Waals surface area contributed by atoms with E-state index in [0.29, 0.717) is 38.5 Å². The number of rotatable bonds is 4. The molecule has 1 atom stereocenters. The monoisotopic (exact) mass is 419 g/mol. The van der Waals surface area contributed by atoms with Crippen LogP contribution in [0.25, 0.3) is 0 Å². The molecular formula is C19H25ClF3N3O2. The minimum Gasteiger partial charge on any atom is -0.339 e. The van der Waals surface area contributed by atoms with E-state index < -0.39 is 17.6 Å². The van der Waals surface area contributed by atoms with E-state index in [4.69, 9.17) is 0 Å². The maximum Gasteiger partial charge on any atom is 0.416 e. The summed E-state index contributed by atoms with van der Waals surface area (Å²) < 4.78 is 38.5. The summed E-state index contributed by atoms with van der Waals surface area (Å²) in [5.74, 6) is 0.219. The fourth-order valence-corrected chi connectivity index (χ4v) is 3.62. The molecule has 2 heterocycles. The molecule has 2 aliphatic rings. The molecule has 0 bridgehead atoms. The molecule has 0 aromatic heterocycles. The summed E-state index contributed by atoms with van der Waals surface area (Å²) in [4.78, 5) is 28.1. The van der Waals surface area contributed by atoms with Gasteiger partial charge in [0, 0.05) is 38.2 Å². The number of nitrogens with one attached hydrogen (secondary N) is 1. The molecule has 2 fully saturated rings. The molecule has 3 rings (SSSR count). The summed E-state index contributed by atoms with van der Waals surface area (Å²) in [5.41, 5.74) is -0.804. The normalized spacial score (nSPS) is 20.0. The number of alkyl halides is 3. The largest absolute Gasteiger partial charge is 0.416 e. The Morgan fingerprint density at radius 1 is 1.11 bits per heavy atom. The van der Waals surface area contributed by atoms with Crippen LogP contribution in [0.4, 0.5) is 13.2 Å². The molecule has 156 valence electrons. The molecule has 28 heavy (non-hydrogen) atoms. The van der Waals surface area contributed by atoms with Gasteiger partial charge in [-0.25, -0.2) is 0 Å². The highest BCUT2D eigenvalue weighted by atomic mass is 35.5. The molecule has 2 saturated heterocycles. The molecule has 5 nitrogen and oxygen atoms in total. The van der Waals surface area contributed by atoms with Gasteiger partial charge in [-0.15, -0.1) is 12.4 Å². The van der Waals surface area contributed by atoms with Gasteiger partial charge in [0.2, 0.25) is 5.91 Å². The molecule has 1 N–H and O–H groups in total. The first-order chi connectivity index (χ1) is 12.8.